The maximum absolute atomic E-state index is 5.48. The molecule has 0 heterocycles. The number of hydrogen-bond donors (Lipinski definition) is 1. The van der Waals surface area contributed by atoms with Gasteiger partial charge in [0.2, 0.25) is 0 Å². The number of unbranched alkanes of at least 4 members (excludes halogenated alkanes) is 15. The fourth-order valence-corrected chi connectivity index (χ4v) is 2.69. The summed E-state index contributed by atoms with van der Waals surface area (Å²) >= 11 is 0. The van der Waals surface area contributed by atoms with Gasteiger partial charge in [-0.2, -0.15) is 0 Å². The van der Waals surface area contributed by atoms with Crippen molar-refractivity contribution in [2.75, 3.05) is 27.7 Å². The predicted molar refractivity (Wildman–Crippen MR) is 123 cm³/mol. The van der Waals surface area contributed by atoms with Crippen molar-refractivity contribution < 1.29 is 0 Å². The van der Waals surface area contributed by atoms with Crippen LogP contribution in [0.2, 0.25) is 0 Å². The summed E-state index contributed by atoms with van der Waals surface area (Å²) in [6.07, 6.45) is 22.9. The minimum Gasteiger partial charge on any atom is -0.330 e. The molecule has 0 amide bonds. The lowest BCUT2D eigenvalue weighted by molar-refractivity contribution is 0.505. The Hall–Kier alpha value is 0.500. The van der Waals surface area contributed by atoms with E-state index in [4.69, 9.17) is 5.73 Å². The molecule has 0 fully saturated rings. The van der Waals surface area contributed by atoms with Crippen molar-refractivity contribution in [1.82, 2.24) is 4.90 Å². The average Bonchev–Trinajstić information content (AvgIpc) is 2.50. The third-order valence-corrected chi connectivity index (χ3v) is 4.06. The first-order chi connectivity index (χ1) is 11.1. The quantitative estimate of drug-likeness (QED) is 0.276. The second-order valence-corrected chi connectivity index (χ2v) is 7.43. The van der Waals surface area contributed by atoms with Gasteiger partial charge in [0, 0.05) is 0 Å². The zero-order valence-electron chi connectivity index (χ0n) is 17.9. The zero-order chi connectivity index (χ0) is 17.6. The maximum Gasteiger partial charge on any atom is -0.00773 e. The Morgan fingerprint density at radius 1 is 0.480 bits per heavy atom. The Kier molecular flexibility index (Phi) is 42.6. The van der Waals surface area contributed by atoms with Gasteiger partial charge in [-0.1, -0.05) is 103 Å². The molecule has 2 nitrogen and oxygen atoms in total. The maximum atomic E-state index is 5.48. The predicted octanol–water partition coefficient (Wildman–Crippen LogP) is 7.23. The highest BCUT2D eigenvalue weighted by Crippen LogP contribution is 2.13. The monoisotopic (exact) mass is 400 g/mol. The van der Waals surface area contributed by atoms with Crippen LogP contribution in [0.3, 0.4) is 0 Å². The van der Waals surface area contributed by atoms with Crippen LogP contribution in [0, 0.1) is 0 Å². The van der Waals surface area contributed by atoms with Crippen molar-refractivity contribution >= 4 is 24.8 Å². The molecule has 0 bridgehead atoms. The second-order valence-electron chi connectivity index (χ2n) is 7.43. The summed E-state index contributed by atoms with van der Waals surface area (Å²) in [7, 11) is 6.00. The number of nitrogens with zero attached hydrogens (tertiary/aromatic N) is 1. The molecular formula is C21H50Cl2N2. The molecule has 0 aromatic heterocycles. The van der Waals surface area contributed by atoms with Crippen LogP contribution in [-0.4, -0.2) is 32.6 Å². The first-order valence-electron chi connectivity index (χ1n) is 10.5. The Morgan fingerprint density at radius 2 is 0.680 bits per heavy atom. The molecule has 2 N–H and O–H groups in total. The van der Waals surface area contributed by atoms with E-state index in [1.54, 1.807) is 0 Å². The molecule has 25 heavy (non-hydrogen) atoms. The number of halogens is 2. The van der Waals surface area contributed by atoms with Crippen molar-refractivity contribution in [2.24, 2.45) is 5.73 Å². The van der Waals surface area contributed by atoms with Crippen LogP contribution in [0.25, 0.3) is 0 Å². The van der Waals surface area contributed by atoms with Gasteiger partial charge in [0.15, 0.2) is 0 Å². The summed E-state index contributed by atoms with van der Waals surface area (Å²) in [5.74, 6) is 0. The van der Waals surface area contributed by atoms with Crippen LogP contribution in [0.4, 0.5) is 0 Å². The minimum atomic E-state index is 0. The van der Waals surface area contributed by atoms with Crippen LogP contribution >= 0.6 is 24.8 Å². The van der Waals surface area contributed by atoms with E-state index in [1.807, 2.05) is 26.0 Å². The van der Waals surface area contributed by atoms with E-state index in [9.17, 15) is 0 Å². The summed E-state index contributed by atoms with van der Waals surface area (Å²) in [4.78, 5) is 2.00. The van der Waals surface area contributed by atoms with Gasteiger partial charge in [-0.25, -0.2) is 0 Å². The van der Waals surface area contributed by atoms with Crippen molar-refractivity contribution in [3.63, 3.8) is 0 Å². The highest BCUT2D eigenvalue weighted by molar-refractivity contribution is 5.85. The van der Waals surface area contributed by atoms with Crippen molar-refractivity contribution in [1.29, 1.82) is 0 Å². The van der Waals surface area contributed by atoms with Crippen LogP contribution in [0.15, 0.2) is 0 Å². The number of nitrogens with two attached hydrogens (primary N) is 1. The molecular weight excluding hydrogens is 351 g/mol. The minimum absolute atomic E-state index is 0. The van der Waals surface area contributed by atoms with Crippen LogP contribution in [0.5, 0.6) is 0 Å². The smallest absolute Gasteiger partial charge is 0.00773 e. The molecule has 0 aromatic rings. The molecule has 0 aliphatic heterocycles. The highest BCUT2D eigenvalue weighted by Gasteiger charge is 1.94. The Morgan fingerprint density at radius 3 is 0.880 bits per heavy atom. The van der Waals surface area contributed by atoms with E-state index < -0.39 is 0 Å². The molecule has 158 valence electrons. The van der Waals surface area contributed by atoms with E-state index in [1.165, 1.54) is 103 Å². The fourth-order valence-electron chi connectivity index (χ4n) is 2.69. The lowest BCUT2D eigenvalue weighted by atomic mass is 10.0. The lowest BCUT2D eigenvalue weighted by Gasteiger charge is -2.03. The van der Waals surface area contributed by atoms with Gasteiger partial charge in [-0.05, 0) is 34.1 Å². The molecule has 0 spiro atoms. The SMILES string of the molecule is CCCCCCCCCCCCCCCCCCN.CN(C)C.Cl.Cl. The summed E-state index contributed by atoms with van der Waals surface area (Å²) in [6.45, 7) is 3.16. The molecule has 0 radical (unpaired) electrons. The molecule has 0 rings (SSSR count). The van der Waals surface area contributed by atoms with Gasteiger partial charge >= 0.3 is 0 Å². The summed E-state index contributed by atoms with van der Waals surface area (Å²) in [6, 6.07) is 0. The lowest BCUT2D eigenvalue weighted by Crippen LogP contribution is -1.99. The van der Waals surface area contributed by atoms with Gasteiger partial charge in [-0.15, -0.1) is 24.8 Å². The topological polar surface area (TPSA) is 29.3 Å². The Labute approximate surface area is 172 Å². The van der Waals surface area contributed by atoms with Crippen LogP contribution < -0.4 is 5.73 Å². The Balaban J connectivity index is -0.000000330. The van der Waals surface area contributed by atoms with E-state index in [0.29, 0.717) is 0 Å². The molecule has 0 saturated carbocycles. The molecule has 0 unspecified atom stereocenters. The molecule has 0 aliphatic rings. The summed E-state index contributed by atoms with van der Waals surface area (Å²) < 4.78 is 0. The van der Waals surface area contributed by atoms with Gasteiger partial charge < -0.3 is 10.6 Å². The third kappa shape index (κ3) is 45.6. The molecule has 0 saturated heterocycles. The van der Waals surface area contributed by atoms with E-state index in [-0.39, 0.29) is 24.8 Å². The van der Waals surface area contributed by atoms with Gasteiger partial charge in [0.25, 0.3) is 0 Å². The standard InChI is InChI=1S/C18H39N.C3H9N.2ClH/c1-2-3-4-5-6-7-8-9-10-11-12-13-14-15-16-17-18-19;1-4(2)3;;/h2-19H2,1H3;1-3H3;2*1H. The van der Waals surface area contributed by atoms with Crippen molar-refractivity contribution in [3.8, 4) is 0 Å². The molecule has 0 aliphatic carbocycles. The van der Waals surface area contributed by atoms with E-state index >= 15 is 0 Å². The van der Waals surface area contributed by atoms with Crippen molar-refractivity contribution in [3.05, 3.63) is 0 Å². The second kappa shape index (κ2) is 32.2. The normalized spacial score (nSPS) is 9.84. The zero-order valence-corrected chi connectivity index (χ0v) is 19.5. The highest BCUT2D eigenvalue weighted by atomic mass is 35.5. The molecule has 0 aromatic carbocycles. The summed E-state index contributed by atoms with van der Waals surface area (Å²) in [5.41, 5.74) is 5.48. The third-order valence-electron chi connectivity index (χ3n) is 4.06. The van der Waals surface area contributed by atoms with Crippen LogP contribution in [-0.2, 0) is 0 Å². The van der Waals surface area contributed by atoms with Crippen molar-refractivity contribution in [2.45, 2.75) is 110 Å². The first kappa shape index (κ1) is 33.1. The number of rotatable bonds is 16. The first-order valence-corrected chi connectivity index (χ1v) is 10.5. The van der Waals surface area contributed by atoms with E-state index in [0.717, 1.165) is 6.54 Å². The van der Waals surface area contributed by atoms with Gasteiger partial charge in [0.1, 0.15) is 0 Å². The van der Waals surface area contributed by atoms with Gasteiger partial charge in [-0.3, -0.25) is 0 Å². The molecule has 4 heteroatoms. The average molecular weight is 402 g/mol. The number of hydrogen-bond acceptors (Lipinski definition) is 2. The summed E-state index contributed by atoms with van der Waals surface area (Å²) in [5, 5.41) is 0. The Bertz CT molecular complexity index is 172. The van der Waals surface area contributed by atoms with Gasteiger partial charge in [0.05, 0.1) is 0 Å². The largest absolute Gasteiger partial charge is 0.330 e. The van der Waals surface area contributed by atoms with E-state index in [2.05, 4.69) is 6.92 Å². The fraction of sp³-hybridized carbons (Fsp3) is 1.00. The molecule has 0 atom stereocenters. The van der Waals surface area contributed by atoms with Crippen LogP contribution in [0.1, 0.15) is 110 Å².